The molecule has 0 aliphatic rings. The Morgan fingerprint density at radius 3 is 2.00 bits per heavy atom. The second-order valence-electron chi connectivity index (χ2n) is 5.40. The van der Waals surface area contributed by atoms with E-state index in [1.807, 2.05) is 6.92 Å². The van der Waals surface area contributed by atoms with Gasteiger partial charge in [-0.3, -0.25) is 0 Å². The second kappa shape index (κ2) is 4.80. The van der Waals surface area contributed by atoms with Gasteiger partial charge >= 0.3 is 0 Å². The van der Waals surface area contributed by atoms with Crippen LogP contribution in [0.5, 0.6) is 0 Å². The van der Waals surface area contributed by atoms with Gasteiger partial charge in [-0.15, -0.1) is 0 Å². The molecule has 1 nitrogen and oxygen atoms in total. The molecule has 13 heavy (non-hydrogen) atoms. The number of hydrogen-bond donors (Lipinski definition) is 1. The zero-order chi connectivity index (χ0) is 10.6. The molecule has 0 fully saturated rings. The van der Waals surface area contributed by atoms with Crippen molar-refractivity contribution >= 4 is 0 Å². The van der Waals surface area contributed by atoms with Crippen molar-refractivity contribution in [3.63, 3.8) is 0 Å². The predicted molar refractivity (Wildman–Crippen MR) is 60.6 cm³/mol. The molecule has 0 aromatic carbocycles. The highest BCUT2D eigenvalue weighted by Crippen LogP contribution is 2.30. The molecule has 0 aliphatic heterocycles. The lowest BCUT2D eigenvalue weighted by atomic mass is 9.78. The van der Waals surface area contributed by atoms with Gasteiger partial charge in [0.15, 0.2) is 0 Å². The molecule has 0 aromatic heterocycles. The maximum atomic E-state index is 5.72. The first-order valence-corrected chi connectivity index (χ1v) is 5.15. The van der Waals surface area contributed by atoms with Gasteiger partial charge in [0.1, 0.15) is 0 Å². The molecule has 0 radical (unpaired) electrons. The summed E-state index contributed by atoms with van der Waals surface area (Å²) in [7, 11) is 0. The molecule has 0 aromatic rings. The van der Waals surface area contributed by atoms with E-state index >= 15 is 0 Å². The molecule has 2 N–H and O–H groups in total. The Morgan fingerprint density at radius 1 is 1.23 bits per heavy atom. The van der Waals surface area contributed by atoms with Crippen LogP contribution in [0.4, 0.5) is 0 Å². The smallest absolute Gasteiger partial charge is 0.00475 e. The highest BCUT2D eigenvalue weighted by atomic mass is 14.6. The van der Waals surface area contributed by atoms with Crippen LogP contribution in [0.2, 0.25) is 0 Å². The molecule has 2 unspecified atom stereocenters. The van der Waals surface area contributed by atoms with Crippen molar-refractivity contribution in [2.24, 2.45) is 17.1 Å². The highest BCUT2D eigenvalue weighted by molar-refractivity contribution is 4.98. The van der Waals surface area contributed by atoms with E-state index in [4.69, 9.17) is 5.73 Å². The molecule has 0 rings (SSSR count). The normalized spacial score (nSPS) is 16.8. The molecule has 0 heterocycles. The Hall–Kier alpha value is -0.300. The van der Waals surface area contributed by atoms with Crippen LogP contribution in [0.3, 0.4) is 0 Å². The molecule has 0 amide bonds. The van der Waals surface area contributed by atoms with Crippen LogP contribution in [0.15, 0.2) is 12.2 Å². The van der Waals surface area contributed by atoms with Gasteiger partial charge in [-0.2, -0.15) is 0 Å². The lowest BCUT2D eigenvalue weighted by Crippen LogP contribution is -2.20. The summed E-state index contributed by atoms with van der Waals surface area (Å²) >= 11 is 0. The van der Waals surface area contributed by atoms with Crippen molar-refractivity contribution in [1.82, 2.24) is 0 Å². The van der Waals surface area contributed by atoms with E-state index in [0.717, 1.165) is 12.8 Å². The lowest BCUT2D eigenvalue weighted by molar-refractivity contribution is 0.258. The van der Waals surface area contributed by atoms with Crippen LogP contribution >= 0.6 is 0 Å². The topological polar surface area (TPSA) is 26.0 Å². The van der Waals surface area contributed by atoms with E-state index in [9.17, 15) is 0 Å². The molecule has 2 atom stereocenters. The molecule has 0 aliphatic carbocycles. The van der Waals surface area contributed by atoms with E-state index in [1.54, 1.807) is 0 Å². The first kappa shape index (κ1) is 12.7. The van der Waals surface area contributed by atoms with Crippen LogP contribution in [0, 0.1) is 11.3 Å². The van der Waals surface area contributed by atoms with Crippen LogP contribution in [0.25, 0.3) is 0 Å². The number of hydrogen-bond acceptors (Lipinski definition) is 1. The third-order valence-electron chi connectivity index (χ3n) is 2.68. The Balaban J connectivity index is 3.93. The summed E-state index contributed by atoms with van der Waals surface area (Å²) in [6.07, 6.45) is 2.06. The molecule has 0 spiro atoms. The van der Waals surface area contributed by atoms with E-state index in [2.05, 4.69) is 34.3 Å². The fraction of sp³-hybridized carbons (Fsp3) is 0.833. The van der Waals surface area contributed by atoms with E-state index in [-0.39, 0.29) is 6.04 Å². The zero-order valence-electron chi connectivity index (χ0n) is 9.85. The summed E-state index contributed by atoms with van der Waals surface area (Å²) in [6.45, 7) is 15.2. The minimum atomic E-state index is 0.250. The van der Waals surface area contributed by atoms with Crippen LogP contribution < -0.4 is 5.73 Å². The summed E-state index contributed by atoms with van der Waals surface area (Å²) in [5, 5.41) is 0. The first-order valence-electron chi connectivity index (χ1n) is 5.15. The Kier molecular flexibility index (Phi) is 4.69. The molecule has 78 valence electrons. The number of rotatable bonds is 4. The maximum Gasteiger partial charge on any atom is 0.00475 e. The van der Waals surface area contributed by atoms with Crippen molar-refractivity contribution in [2.75, 3.05) is 0 Å². The van der Waals surface area contributed by atoms with Gasteiger partial charge < -0.3 is 5.73 Å². The lowest BCUT2D eigenvalue weighted by Gasteiger charge is -2.28. The largest absolute Gasteiger partial charge is 0.328 e. The van der Waals surface area contributed by atoms with Crippen molar-refractivity contribution in [3.05, 3.63) is 12.2 Å². The van der Waals surface area contributed by atoms with Crippen LogP contribution in [-0.2, 0) is 0 Å². The third-order valence-corrected chi connectivity index (χ3v) is 2.68. The molecule has 0 saturated carbocycles. The average molecular weight is 183 g/mol. The fourth-order valence-electron chi connectivity index (χ4n) is 1.28. The first-order chi connectivity index (χ1) is 5.73. The van der Waals surface area contributed by atoms with Gasteiger partial charge in [0.05, 0.1) is 0 Å². The standard InChI is InChI=1S/C12H25N/c1-9(8-11(3)13)7-10(2)12(4,5)6/h10-11H,1,7-8,13H2,2-6H3. The van der Waals surface area contributed by atoms with Crippen LogP contribution in [0.1, 0.15) is 47.5 Å². The molecule has 0 bridgehead atoms. The van der Waals surface area contributed by atoms with Gasteiger partial charge in [0.2, 0.25) is 0 Å². The van der Waals surface area contributed by atoms with Gasteiger partial charge in [-0.1, -0.05) is 39.8 Å². The minimum absolute atomic E-state index is 0.250. The maximum absolute atomic E-state index is 5.72. The SMILES string of the molecule is C=C(CC(C)N)CC(C)C(C)(C)C. The molecule has 0 saturated heterocycles. The zero-order valence-corrected chi connectivity index (χ0v) is 9.85. The summed E-state index contributed by atoms with van der Waals surface area (Å²) < 4.78 is 0. The summed E-state index contributed by atoms with van der Waals surface area (Å²) in [5.74, 6) is 0.679. The van der Waals surface area contributed by atoms with Crippen molar-refractivity contribution in [2.45, 2.75) is 53.5 Å². The van der Waals surface area contributed by atoms with E-state index in [1.165, 1.54) is 5.57 Å². The average Bonchev–Trinajstić information content (AvgIpc) is 1.82. The van der Waals surface area contributed by atoms with E-state index in [0.29, 0.717) is 11.3 Å². The van der Waals surface area contributed by atoms with Crippen molar-refractivity contribution in [1.29, 1.82) is 0 Å². The Morgan fingerprint density at radius 2 is 1.69 bits per heavy atom. The highest BCUT2D eigenvalue weighted by Gasteiger charge is 2.20. The van der Waals surface area contributed by atoms with Gasteiger partial charge in [0, 0.05) is 6.04 Å². The Bertz CT molecular complexity index is 162. The van der Waals surface area contributed by atoms with Crippen molar-refractivity contribution < 1.29 is 0 Å². The number of nitrogens with two attached hydrogens (primary N) is 1. The Labute approximate surface area is 83.4 Å². The molecular formula is C12H25N. The summed E-state index contributed by atoms with van der Waals surface area (Å²) in [4.78, 5) is 0. The minimum Gasteiger partial charge on any atom is -0.328 e. The fourth-order valence-corrected chi connectivity index (χ4v) is 1.28. The van der Waals surface area contributed by atoms with Gasteiger partial charge in [0.25, 0.3) is 0 Å². The molecule has 1 heteroatoms. The van der Waals surface area contributed by atoms with Gasteiger partial charge in [-0.05, 0) is 31.1 Å². The molecular weight excluding hydrogens is 158 g/mol. The van der Waals surface area contributed by atoms with Gasteiger partial charge in [-0.25, -0.2) is 0 Å². The summed E-state index contributed by atoms with van der Waals surface area (Å²) in [6, 6.07) is 0.250. The second-order valence-corrected chi connectivity index (χ2v) is 5.40. The quantitative estimate of drug-likeness (QED) is 0.665. The van der Waals surface area contributed by atoms with Crippen LogP contribution in [-0.4, -0.2) is 6.04 Å². The van der Waals surface area contributed by atoms with E-state index < -0.39 is 0 Å². The third kappa shape index (κ3) is 5.87. The van der Waals surface area contributed by atoms with Crippen molar-refractivity contribution in [3.8, 4) is 0 Å². The predicted octanol–water partition coefficient (Wildman–Crippen LogP) is 3.35. The monoisotopic (exact) mass is 183 g/mol. The summed E-state index contributed by atoms with van der Waals surface area (Å²) in [5.41, 5.74) is 7.38.